The third-order valence-corrected chi connectivity index (χ3v) is 3.45. The zero-order chi connectivity index (χ0) is 14.1. The molecule has 4 heteroatoms. The molecule has 1 aromatic heterocycles. The fourth-order valence-electron chi connectivity index (χ4n) is 2.15. The van der Waals surface area contributed by atoms with Crippen molar-refractivity contribution >= 4 is 28.1 Å². The topological polar surface area (TPSA) is 46.0 Å². The Hall–Kier alpha value is -2.13. The maximum atomic E-state index is 9.73. The predicted molar refractivity (Wildman–Crippen MR) is 81.7 cm³/mol. The van der Waals surface area contributed by atoms with Gasteiger partial charge in [0.1, 0.15) is 5.15 Å². The van der Waals surface area contributed by atoms with Crippen LogP contribution in [-0.2, 0) is 0 Å². The van der Waals surface area contributed by atoms with E-state index in [2.05, 4.69) is 9.97 Å². The number of benzene rings is 1. The monoisotopic (exact) mass is 284 g/mol. The van der Waals surface area contributed by atoms with Gasteiger partial charge in [0.15, 0.2) is 5.82 Å². The molecule has 2 aromatic rings. The number of halogens is 1. The molecule has 0 saturated heterocycles. The van der Waals surface area contributed by atoms with E-state index in [4.69, 9.17) is 11.6 Å². The maximum Gasteiger partial charge on any atom is 0.157 e. The number of nitrogens with zero attached hydrogens (tertiary/aromatic N) is 2. The highest BCUT2D eigenvalue weighted by atomic mass is 35.5. The van der Waals surface area contributed by atoms with E-state index in [1.807, 2.05) is 37.3 Å². The number of rotatable bonds is 1. The van der Waals surface area contributed by atoms with Crippen LogP contribution < -0.4 is 0 Å². The van der Waals surface area contributed by atoms with Crippen LogP contribution in [0.1, 0.15) is 17.8 Å². The Kier molecular flexibility index (Phi) is 3.28. The van der Waals surface area contributed by atoms with Crippen molar-refractivity contribution in [1.29, 1.82) is 0 Å². The van der Waals surface area contributed by atoms with Crippen molar-refractivity contribution in [1.82, 2.24) is 9.97 Å². The number of fused-ring (bicyclic) bond motifs is 1. The van der Waals surface area contributed by atoms with Gasteiger partial charge in [-0.15, -0.1) is 0 Å². The van der Waals surface area contributed by atoms with Gasteiger partial charge in [-0.05, 0) is 30.7 Å². The average Bonchev–Trinajstić information content (AvgIpc) is 2.62. The molecule has 0 fully saturated rings. The van der Waals surface area contributed by atoms with Crippen molar-refractivity contribution in [3.05, 3.63) is 64.8 Å². The van der Waals surface area contributed by atoms with Crippen LogP contribution in [-0.4, -0.2) is 15.1 Å². The molecule has 0 amide bonds. The van der Waals surface area contributed by atoms with Crippen molar-refractivity contribution in [2.75, 3.05) is 0 Å². The molecule has 3 nitrogen and oxygen atoms in total. The first-order chi connectivity index (χ1) is 9.63. The smallest absolute Gasteiger partial charge is 0.157 e. The van der Waals surface area contributed by atoms with E-state index in [1.165, 1.54) is 0 Å². The Bertz CT molecular complexity index is 775. The van der Waals surface area contributed by atoms with Crippen LogP contribution in [0.5, 0.6) is 0 Å². The van der Waals surface area contributed by atoms with E-state index in [1.54, 1.807) is 12.2 Å². The van der Waals surface area contributed by atoms with Crippen LogP contribution in [0.2, 0.25) is 5.15 Å². The van der Waals surface area contributed by atoms with Crippen molar-refractivity contribution in [3.63, 3.8) is 0 Å². The Morgan fingerprint density at radius 3 is 2.80 bits per heavy atom. The second kappa shape index (κ2) is 5.10. The minimum absolute atomic E-state index is 0.286. The summed E-state index contributed by atoms with van der Waals surface area (Å²) in [5.74, 6) is 0.841. The van der Waals surface area contributed by atoms with Crippen LogP contribution in [0.25, 0.3) is 16.5 Å². The summed E-state index contributed by atoms with van der Waals surface area (Å²) in [6.07, 6.45) is 7.61. The number of aliphatic hydroxyl groups excluding tert-OH is 1. The SMILES string of the molecule is Cc1ccc2c(Cl)nc(C3=CC=CC=C(O)C3)nc2c1. The summed E-state index contributed by atoms with van der Waals surface area (Å²) in [6.45, 7) is 2.01. The standard InChI is InChI=1S/C16H13ClN2O/c1-10-6-7-13-14(8-10)18-16(19-15(13)17)11-4-2-3-5-12(20)9-11/h2-8,20H,9H2,1H3. The Balaban J connectivity index is 2.15. The van der Waals surface area contributed by atoms with Crippen LogP contribution in [0.15, 0.2) is 48.3 Å². The van der Waals surface area contributed by atoms with Gasteiger partial charge in [0, 0.05) is 17.4 Å². The van der Waals surface area contributed by atoms with Gasteiger partial charge in [-0.25, -0.2) is 9.97 Å². The van der Waals surface area contributed by atoms with Crippen molar-refractivity contribution in [2.24, 2.45) is 0 Å². The molecule has 0 saturated carbocycles. The summed E-state index contributed by atoms with van der Waals surface area (Å²) in [4.78, 5) is 8.91. The molecule has 0 spiro atoms. The number of aryl methyl sites for hydroxylation is 1. The van der Waals surface area contributed by atoms with E-state index in [0.29, 0.717) is 17.4 Å². The van der Waals surface area contributed by atoms with Crippen molar-refractivity contribution in [2.45, 2.75) is 13.3 Å². The predicted octanol–water partition coefficient (Wildman–Crippen LogP) is 4.38. The fourth-order valence-corrected chi connectivity index (χ4v) is 2.39. The number of aliphatic hydroxyl groups is 1. The van der Waals surface area contributed by atoms with E-state index in [9.17, 15) is 5.11 Å². The lowest BCUT2D eigenvalue weighted by molar-refractivity contribution is 0.403. The minimum Gasteiger partial charge on any atom is -0.512 e. The van der Waals surface area contributed by atoms with Gasteiger partial charge in [-0.2, -0.15) is 0 Å². The molecule has 100 valence electrons. The molecule has 1 N–H and O–H groups in total. The third kappa shape index (κ3) is 2.45. The highest BCUT2D eigenvalue weighted by Gasteiger charge is 2.12. The van der Waals surface area contributed by atoms with Gasteiger partial charge >= 0.3 is 0 Å². The van der Waals surface area contributed by atoms with Crippen molar-refractivity contribution < 1.29 is 5.11 Å². The lowest BCUT2D eigenvalue weighted by Crippen LogP contribution is -1.97. The van der Waals surface area contributed by atoms with E-state index < -0.39 is 0 Å². The Morgan fingerprint density at radius 2 is 1.95 bits per heavy atom. The second-order valence-electron chi connectivity index (χ2n) is 4.77. The first-order valence-electron chi connectivity index (χ1n) is 6.33. The summed E-state index contributed by atoms with van der Waals surface area (Å²) in [6, 6.07) is 5.89. The molecule has 20 heavy (non-hydrogen) atoms. The lowest BCUT2D eigenvalue weighted by atomic mass is 10.1. The zero-order valence-electron chi connectivity index (χ0n) is 11.0. The van der Waals surface area contributed by atoms with E-state index in [-0.39, 0.29) is 5.76 Å². The molecule has 0 radical (unpaired) electrons. The number of aromatic nitrogens is 2. The Labute approximate surface area is 121 Å². The summed E-state index contributed by atoms with van der Waals surface area (Å²) >= 11 is 6.24. The molecule has 0 aliphatic heterocycles. The highest BCUT2D eigenvalue weighted by molar-refractivity contribution is 6.34. The molecule has 1 aromatic carbocycles. The quantitative estimate of drug-likeness (QED) is 0.791. The van der Waals surface area contributed by atoms with E-state index in [0.717, 1.165) is 22.0 Å². The summed E-state index contributed by atoms with van der Waals surface area (Å²) in [7, 11) is 0. The molecular weight excluding hydrogens is 272 g/mol. The fraction of sp³-hybridized carbons (Fsp3) is 0.125. The molecule has 1 aliphatic rings. The van der Waals surface area contributed by atoms with Gasteiger partial charge in [0.05, 0.1) is 11.3 Å². The van der Waals surface area contributed by atoms with Crippen LogP contribution in [0.4, 0.5) is 0 Å². The molecule has 1 heterocycles. The molecule has 0 bridgehead atoms. The number of allylic oxidation sites excluding steroid dienone is 5. The molecular formula is C16H13ClN2O. The largest absolute Gasteiger partial charge is 0.512 e. The first kappa shape index (κ1) is 12.9. The zero-order valence-corrected chi connectivity index (χ0v) is 11.7. The first-order valence-corrected chi connectivity index (χ1v) is 6.71. The highest BCUT2D eigenvalue weighted by Crippen LogP contribution is 2.26. The average molecular weight is 285 g/mol. The van der Waals surface area contributed by atoms with Crippen molar-refractivity contribution in [3.8, 4) is 0 Å². The van der Waals surface area contributed by atoms with Crippen LogP contribution in [0.3, 0.4) is 0 Å². The van der Waals surface area contributed by atoms with Crippen LogP contribution >= 0.6 is 11.6 Å². The lowest BCUT2D eigenvalue weighted by Gasteiger charge is -2.08. The molecule has 0 unspecified atom stereocenters. The van der Waals surface area contributed by atoms with Gasteiger partial charge < -0.3 is 5.11 Å². The van der Waals surface area contributed by atoms with Gasteiger partial charge in [0.25, 0.3) is 0 Å². The van der Waals surface area contributed by atoms with Gasteiger partial charge in [-0.3, -0.25) is 0 Å². The second-order valence-corrected chi connectivity index (χ2v) is 5.13. The Morgan fingerprint density at radius 1 is 1.15 bits per heavy atom. The normalized spacial score (nSPS) is 14.9. The summed E-state index contributed by atoms with van der Waals surface area (Å²) in [5.41, 5.74) is 2.78. The molecule has 3 rings (SSSR count). The summed E-state index contributed by atoms with van der Waals surface area (Å²) in [5, 5.41) is 11.0. The third-order valence-electron chi connectivity index (χ3n) is 3.16. The minimum atomic E-state index is 0.286. The van der Waals surface area contributed by atoms with Gasteiger partial charge in [-0.1, -0.05) is 35.9 Å². The number of hydrogen-bond acceptors (Lipinski definition) is 3. The van der Waals surface area contributed by atoms with E-state index >= 15 is 0 Å². The van der Waals surface area contributed by atoms with Crippen LogP contribution in [0, 0.1) is 6.92 Å². The molecule has 0 atom stereocenters. The molecule has 1 aliphatic carbocycles. The number of hydrogen-bond donors (Lipinski definition) is 1. The maximum absolute atomic E-state index is 9.73. The summed E-state index contributed by atoms with van der Waals surface area (Å²) < 4.78 is 0. The van der Waals surface area contributed by atoms with Gasteiger partial charge in [0.2, 0.25) is 0 Å².